The van der Waals surface area contributed by atoms with Crippen LogP contribution in [-0.2, 0) is 0 Å². The highest BCUT2D eigenvalue weighted by molar-refractivity contribution is 5.64. The molecule has 0 bridgehead atoms. The van der Waals surface area contributed by atoms with Crippen LogP contribution in [0.25, 0.3) is 11.1 Å². The number of allylic oxidation sites excluding steroid dienone is 2. The maximum atomic E-state index is 13.0. The van der Waals surface area contributed by atoms with Gasteiger partial charge in [0.15, 0.2) is 0 Å². The molecular weight excluding hydrogens is 295 g/mol. The van der Waals surface area contributed by atoms with Gasteiger partial charge in [0.05, 0.1) is 0 Å². The Balaban J connectivity index is 1.66. The fourth-order valence-corrected chi connectivity index (χ4v) is 3.21. The molecule has 1 unspecified atom stereocenters. The molecule has 3 rings (SSSR count). The molecule has 2 aromatic rings. The van der Waals surface area contributed by atoms with Gasteiger partial charge in [-0.05, 0) is 66.1 Å². The molecular formula is C23H23F. The standard InChI is InChI=1S/C23H23F/c1-2-3-18-4-6-19(7-5-18)8-9-20-10-12-21(13-11-20)22-14-16-23(24)17-15-22/h6,10-18H,2-5,7H2,1H3. The van der Waals surface area contributed by atoms with Crippen molar-refractivity contribution in [3.05, 3.63) is 71.6 Å². The van der Waals surface area contributed by atoms with E-state index < -0.39 is 0 Å². The Morgan fingerprint density at radius 3 is 2.21 bits per heavy atom. The summed E-state index contributed by atoms with van der Waals surface area (Å²) in [5.41, 5.74) is 4.41. The highest BCUT2D eigenvalue weighted by Gasteiger charge is 2.12. The lowest BCUT2D eigenvalue weighted by molar-refractivity contribution is 0.436. The topological polar surface area (TPSA) is 0 Å². The molecule has 0 aromatic heterocycles. The summed E-state index contributed by atoms with van der Waals surface area (Å²) in [6.45, 7) is 2.26. The molecule has 1 aliphatic carbocycles. The van der Waals surface area contributed by atoms with Crippen molar-refractivity contribution in [3.63, 3.8) is 0 Å². The maximum Gasteiger partial charge on any atom is 0.123 e. The first-order valence-electron chi connectivity index (χ1n) is 8.81. The van der Waals surface area contributed by atoms with E-state index in [1.165, 1.54) is 43.4 Å². The maximum absolute atomic E-state index is 13.0. The van der Waals surface area contributed by atoms with Crippen molar-refractivity contribution in [2.75, 3.05) is 0 Å². The van der Waals surface area contributed by atoms with Gasteiger partial charge in [0, 0.05) is 5.56 Å². The molecule has 0 spiro atoms. The molecule has 0 radical (unpaired) electrons. The second kappa shape index (κ2) is 7.97. The molecule has 0 N–H and O–H groups in total. The fraction of sp³-hybridized carbons (Fsp3) is 0.304. The lowest BCUT2D eigenvalue weighted by atomic mass is 9.87. The highest BCUT2D eigenvalue weighted by atomic mass is 19.1. The Kier molecular flexibility index (Phi) is 5.49. The Bertz CT molecular complexity index is 754. The third-order valence-electron chi connectivity index (χ3n) is 4.65. The predicted octanol–water partition coefficient (Wildman–Crippen LogP) is 6.37. The Labute approximate surface area is 144 Å². The molecule has 0 fully saturated rings. The van der Waals surface area contributed by atoms with Crippen LogP contribution in [0.4, 0.5) is 4.39 Å². The average molecular weight is 318 g/mol. The zero-order valence-corrected chi connectivity index (χ0v) is 14.2. The zero-order valence-electron chi connectivity index (χ0n) is 14.2. The van der Waals surface area contributed by atoms with Crippen LogP contribution in [0.1, 0.15) is 44.6 Å². The minimum atomic E-state index is -0.205. The molecule has 2 aromatic carbocycles. The van der Waals surface area contributed by atoms with Crippen LogP contribution < -0.4 is 0 Å². The molecule has 1 atom stereocenters. The molecule has 1 aliphatic rings. The highest BCUT2D eigenvalue weighted by Crippen LogP contribution is 2.26. The van der Waals surface area contributed by atoms with Crippen molar-refractivity contribution in [1.82, 2.24) is 0 Å². The summed E-state index contributed by atoms with van der Waals surface area (Å²) in [6.07, 6.45) is 8.51. The van der Waals surface area contributed by atoms with Crippen molar-refractivity contribution in [2.45, 2.75) is 39.0 Å². The van der Waals surface area contributed by atoms with E-state index in [9.17, 15) is 4.39 Å². The lowest BCUT2D eigenvalue weighted by Gasteiger charge is -2.18. The van der Waals surface area contributed by atoms with Crippen LogP contribution in [0.15, 0.2) is 60.2 Å². The van der Waals surface area contributed by atoms with Gasteiger partial charge in [0.25, 0.3) is 0 Å². The second-order valence-electron chi connectivity index (χ2n) is 6.49. The average Bonchev–Trinajstić information content (AvgIpc) is 2.63. The summed E-state index contributed by atoms with van der Waals surface area (Å²) in [4.78, 5) is 0. The largest absolute Gasteiger partial charge is 0.207 e. The SMILES string of the molecule is CCCC1CC=C(C#Cc2ccc(-c3ccc(F)cc3)cc2)CC1. The monoisotopic (exact) mass is 318 g/mol. The van der Waals surface area contributed by atoms with Crippen molar-refractivity contribution >= 4 is 0 Å². The fourth-order valence-electron chi connectivity index (χ4n) is 3.21. The smallest absolute Gasteiger partial charge is 0.123 e. The van der Waals surface area contributed by atoms with E-state index in [2.05, 4.69) is 24.8 Å². The molecule has 0 saturated heterocycles. The van der Waals surface area contributed by atoms with Gasteiger partial charge in [-0.1, -0.05) is 61.9 Å². The van der Waals surface area contributed by atoms with E-state index in [4.69, 9.17) is 0 Å². The van der Waals surface area contributed by atoms with E-state index in [0.29, 0.717) is 0 Å². The summed E-state index contributed by atoms with van der Waals surface area (Å²) in [6, 6.07) is 14.7. The van der Waals surface area contributed by atoms with Gasteiger partial charge in [-0.25, -0.2) is 4.39 Å². The Morgan fingerprint density at radius 2 is 1.62 bits per heavy atom. The molecule has 122 valence electrons. The van der Waals surface area contributed by atoms with E-state index in [1.54, 1.807) is 12.1 Å². The normalized spacial score (nSPS) is 16.9. The Morgan fingerprint density at radius 1 is 0.958 bits per heavy atom. The number of benzene rings is 2. The van der Waals surface area contributed by atoms with Gasteiger partial charge in [0.1, 0.15) is 5.82 Å². The summed E-state index contributed by atoms with van der Waals surface area (Å²) >= 11 is 0. The second-order valence-corrected chi connectivity index (χ2v) is 6.49. The third-order valence-corrected chi connectivity index (χ3v) is 4.65. The Hall–Kier alpha value is -2.33. The molecule has 0 saturated carbocycles. The van der Waals surface area contributed by atoms with Crippen molar-refractivity contribution in [2.24, 2.45) is 5.92 Å². The van der Waals surface area contributed by atoms with E-state index in [0.717, 1.165) is 29.0 Å². The van der Waals surface area contributed by atoms with Gasteiger partial charge in [-0.15, -0.1) is 0 Å². The minimum absolute atomic E-state index is 0.205. The molecule has 24 heavy (non-hydrogen) atoms. The molecule has 0 aliphatic heterocycles. The lowest BCUT2D eigenvalue weighted by Crippen LogP contribution is -2.04. The van der Waals surface area contributed by atoms with Gasteiger partial charge >= 0.3 is 0 Å². The minimum Gasteiger partial charge on any atom is -0.207 e. The zero-order chi connectivity index (χ0) is 16.8. The van der Waals surface area contributed by atoms with Crippen LogP contribution in [0, 0.1) is 23.6 Å². The summed E-state index contributed by atoms with van der Waals surface area (Å²) in [5.74, 6) is 7.25. The van der Waals surface area contributed by atoms with Gasteiger partial charge in [-0.2, -0.15) is 0 Å². The summed E-state index contributed by atoms with van der Waals surface area (Å²) in [7, 11) is 0. The van der Waals surface area contributed by atoms with Gasteiger partial charge in [0.2, 0.25) is 0 Å². The van der Waals surface area contributed by atoms with Crippen LogP contribution in [0.2, 0.25) is 0 Å². The number of rotatable bonds is 3. The van der Waals surface area contributed by atoms with Crippen LogP contribution in [0.3, 0.4) is 0 Å². The molecule has 0 amide bonds. The first kappa shape index (κ1) is 16.5. The summed E-state index contributed by atoms with van der Waals surface area (Å²) in [5, 5.41) is 0. The van der Waals surface area contributed by atoms with Crippen molar-refractivity contribution in [3.8, 4) is 23.0 Å². The quantitative estimate of drug-likeness (QED) is 0.577. The first-order valence-corrected chi connectivity index (χ1v) is 8.81. The summed E-state index contributed by atoms with van der Waals surface area (Å²) < 4.78 is 13.0. The predicted molar refractivity (Wildman–Crippen MR) is 99.0 cm³/mol. The van der Waals surface area contributed by atoms with E-state index in [1.807, 2.05) is 24.3 Å². The van der Waals surface area contributed by atoms with E-state index in [-0.39, 0.29) is 5.82 Å². The number of hydrogen-bond acceptors (Lipinski definition) is 0. The molecule has 1 heteroatoms. The number of halogens is 1. The van der Waals surface area contributed by atoms with E-state index >= 15 is 0 Å². The van der Waals surface area contributed by atoms with Crippen LogP contribution in [0.5, 0.6) is 0 Å². The third kappa shape index (κ3) is 4.36. The molecule has 0 nitrogen and oxygen atoms in total. The van der Waals surface area contributed by atoms with Crippen LogP contribution >= 0.6 is 0 Å². The number of hydrogen-bond donors (Lipinski definition) is 0. The molecule has 0 heterocycles. The van der Waals surface area contributed by atoms with Crippen molar-refractivity contribution in [1.29, 1.82) is 0 Å². The van der Waals surface area contributed by atoms with Crippen LogP contribution in [-0.4, -0.2) is 0 Å². The van der Waals surface area contributed by atoms with Gasteiger partial charge in [-0.3, -0.25) is 0 Å². The van der Waals surface area contributed by atoms with Gasteiger partial charge < -0.3 is 0 Å². The van der Waals surface area contributed by atoms with Crippen molar-refractivity contribution < 1.29 is 4.39 Å². The first-order chi connectivity index (χ1) is 11.7.